The summed E-state index contributed by atoms with van der Waals surface area (Å²) in [6, 6.07) is 0. The summed E-state index contributed by atoms with van der Waals surface area (Å²) in [5, 5.41) is 10.1. The fourth-order valence-electron chi connectivity index (χ4n) is 3.07. The first-order chi connectivity index (χ1) is 10.3. The highest BCUT2D eigenvalue weighted by Gasteiger charge is 2.40. The quantitative estimate of drug-likeness (QED) is 0.710. The molecule has 1 aromatic rings. The molecule has 0 spiro atoms. The molecule has 2 aliphatic rings. The van der Waals surface area contributed by atoms with E-state index in [4.69, 9.17) is 16.2 Å². The molecule has 0 radical (unpaired) electrons. The number of ether oxygens (including phenoxy) is 1. The van der Waals surface area contributed by atoms with Crippen molar-refractivity contribution in [1.29, 1.82) is 0 Å². The molecule has 1 aliphatic heterocycles. The Kier molecular flexibility index (Phi) is 3.06. The minimum atomic E-state index is -1.00. The van der Waals surface area contributed by atoms with E-state index in [9.17, 15) is 19.5 Å². The van der Waals surface area contributed by atoms with E-state index < -0.39 is 18.0 Å². The first kappa shape index (κ1) is 14.3. The van der Waals surface area contributed by atoms with E-state index in [1.54, 1.807) is 4.57 Å². The van der Waals surface area contributed by atoms with Crippen molar-refractivity contribution < 1.29 is 24.2 Å². The Morgan fingerprint density at radius 3 is 2.73 bits per heavy atom. The highest BCUT2D eigenvalue weighted by molar-refractivity contribution is 6.26. The highest BCUT2D eigenvalue weighted by atomic mass is 16.5. The number of primary amides is 1. The number of nitrogens with zero attached hydrogens (tertiary/aromatic N) is 1. The molecule has 0 fully saturated rings. The van der Waals surface area contributed by atoms with E-state index in [2.05, 4.69) is 0 Å². The first-order valence-corrected chi connectivity index (χ1v) is 6.75. The van der Waals surface area contributed by atoms with E-state index in [0.717, 1.165) is 0 Å². The second-order valence-electron chi connectivity index (χ2n) is 5.35. The summed E-state index contributed by atoms with van der Waals surface area (Å²) in [4.78, 5) is 35.8. The summed E-state index contributed by atoms with van der Waals surface area (Å²) >= 11 is 0. The number of carbonyl (C=O) groups is 3. The van der Waals surface area contributed by atoms with Gasteiger partial charge in [-0.3, -0.25) is 9.59 Å². The Labute approximate surface area is 125 Å². The van der Waals surface area contributed by atoms with Gasteiger partial charge in [-0.25, -0.2) is 4.79 Å². The van der Waals surface area contributed by atoms with E-state index in [-0.39, 0.29) is 34.9 Å². The van der Waals surface area contributed by atoms with Gasteiger partial charge in [0.15, 0.2) is 0 Å². The Morgan fingerprint density at radius 2 is 2.09 bits per heavy atom. The van der Waals surface area contributed by atoms with Gasteiger partial charge in [-0.05, 0) is 13.3 Å². The van der Waals surface area contributed by atoms with Gasteiger partial charge in [-0.1, -0.05) is 0 Å². The molecule has 1 aliphatic carbocycles. The maximum Gasteiger partial charge on any atom is 0.404 e. The zero-order chi connectivity index (χ0) is 16.2. The van der Waals surface area contributed by atoms with Gasteiger partial charge in [0.05, 0.1) is 23.1 Å². The van der Waals surface area contributed by atoms with Gasteiger partial charge in [0.1, 0.15) is 12.3 Å². The van der Waals surface area contributed by atoms with Crippen LogP contribution in [0.3, 0.4) is 0 Å². The van der Waals surface area contributed by atoms with E-state index >= 15 is 0 Å². The normalized spacial score (nSPS) is 20.2. The lowest BCUT2D eigenvalue weighted by Crippen LogP contribution is -2.27. The van der Waals surface area contributed by atoms with Gasteiger partial charge in [0.25, 0.3) is 0 Å². The van der Waals surface area contributed by atoms with Crippen LogP contribution in [-0.2, 0) is 17.9 Å². The van der Waals surface area contributed by atoms with Crippen molar-refractivity contribution in [2.75, 3.05) is 0 Å². The SMILES string of the molecule is CC1=C(N)C(=O)c2c(COC(N)=O)c3n(c2C1=O)CCC3O. The summed E-state index contributed by atoms with van der Waals surface area (Å²) in [6.07, 6.45) is -1.42. The maximum atomic E-state index is 12.5. The second kappa shape index (κ2) is 4.70. The first-order valence-electron chi connectivity index (χ1n) is 6.75. The number of aliphatic hydroxyl groups is 1. The molecule has 8 nitrogen and oxygen atoms in total. The number of hydrogen-bond donors (Lipinski definition) is 3. The summed E-state index contributed by atoms with van der Waals surface area (Å²) in [6.45, 7) is 1.60. The number of nitrogens with two attached hydrogens (primary N) is 2. The average molecular weight is 305 g/mol. The predicted octanol–water partition coefficient (Wildman–Crippen LogP) is 0.132. The lowest BCUT2D eigenvalue weighted by Gasteiger charge is -2.16. The smallest absolute Gasteiger partial charge is 0.404 e. The average Bonchev–Trinajstić information content (AvgIpc) is 2.99. The molecule has 0 bridgehead atoms. The molecule has 0 saturated carbocycles. The Morgan fingerprint density at radius 1 is 1.41 bits per heavy atom. The lowest BCUT2D eigenvalue weighted by atomic mass is 9.90. The van der Waals surface area contributed by atoms with Crippen LogP contribution in [0.1, 0.15) is 51.6 Å². The van der Waals surface area contributed by atoms with E-state index in [1.165, 1.54) is 6.92 Å². The number of carbonyl (C=O) groups excluding carboxylic acids is 3. The van der Waals surface area contributed by atoms with Crippen molar-refractivity contribution in [1.82, 2.24) is 4.57 Å². The molecule has 8 heteroatoms. The van der Waals surface area contributed by atoms with E-state index in [1.807, 2.05) is 0 Å². The van der Waals surface area contributed by atoms with Crippen LogP contribution in [0.4, 0.5) is 4.79 Å². The monoisotopic (exact) mass is 305 g/mol. The number of Topliss-reactive ketones (excluding diaryl/α,β-unsaturated/α-hetero) is 2. The van der Waals surface area contributed by atoms with Crippen LogP contribution in [-0.4, -0.2) is 27.3 Å². The van der Waals surface area contributed by atoms with Crippen molar-refractivity contribution in [3.8, 4) is 0 Å². The van der Waals surface area contributed by atoms with Gasteiger partial charge < -0.3 is 25.9 Å². The third kappa shape index (κ3) is 1.77. The van der Waals surface area contributed by atoms with Crippen LogP contribution in [0.25, 0.3) is 0 Å². The number of ketones is 2. The zero-order valence-electron chi connectivity index (χ0n) is 11.9. The van der Waals surface area contributed by atoms with E-state index in [0.29, 0.717) is 24.2 Å². The fourth-order valence-corrected chi connectivity index (χ4v) is 3.07. The molecule has 22 heavy (non-hydrogen) atoms. The molecule has 116 valence electrons. The predicted molar refractivity (Wildman–Crippen MR) is 73.9 cm³/mol. The number of hydrogen-bond acceptors (Lipinski definition) is 6. The van der Waals surface area contributed by atoms with Gasteiger partial charge in [0.2, 0.25) is 11.6 Å². The van der Waals surface area contributed by atoms with Crippen molar-refractivity contribution in [3.05, 3.63) is 33.8 Å². The Hall–Kier alpha value is -2.61. The minimum absolute atomic E-state index is 0.100. The second-order valence-corrected chi connectivity index (χ2v) is 5.35. The summed E-state index contributed by atoms with van der Waals surface area (Å²) in [5.41, 5.74) is 11.7. The highest BCUT2D eigenvalue weighted by Crippen LogP contribution is 2.39. The van der Waals surface area contributed by atoms with Crippen LogP contribution in [0, 0.1) is 0 Å². The van der Waals surface area contributed by atoms with Gasteiger partial charge in [0, 0.05) is 17.7 Å². The zero-order valence-corrected chi connectivity index (χ0v) is 11.9. The van der Waals surface area contributed by atoms with Crippen LogP contribution in [0.15, 0.2) is 11.3 Å². The Balaban J connectivity index is 2.23. The molecule has 1 unspecified atom stereocenters. The fraction of sp³-hybridized carbons (Fsp3) is 0.357. The van der Waals surface area contributed by atoms with Gasteiger partial charge >= 0.3 is 6.09 Å². The topological polar surface area (TPSA) is 138 Å². The molecule has 1 atom stereocenters. The van der Waals surface area contributed by atoms with Gasteiger partial charge in [-0.15, -0.1) is 0 Å². The number of allylic oxidation sites excluding steroid dienone is 2. The molecule has 1 amide bonds. The molecule has 5 N–H and O–H groups in total. The Bertz CT molecular complexity index is 759. The van der Waals surface area contributed by atoms with Crippen LogP contribution in [0.5, 0.6) is 0 Å². The van der Waals surface area contributed by atoms with Crippen molar-refractivity contribution >= 4 is 17.7 Å². The van der Waals surface area contributed by atoms with Crippen LogP contribution in [0.2, 0.25) is 0 Å². The molecule has 2 heterocycles. The number of fused-ring (bicyclic) bond motifs is 3. The summed E-state index contributed by atoms with van der Waals surface area (Å²) in [7, 11) is 0. The number of rotatable bonds is 2. The number of amides is 1. The lowest BCUT2D eigenvalue weighted by molar-refractivity contribution is 0.0965. The maximum absolute atomic E-state index is 12.5. The third-order valence-electron chi connectivity index (χ3n) is 4.14. The summed E-state index contributed by atoms with van der Waals surface area (Å²) in [5.74, 6) is -0.850. The van der Waals surface area contributed by atoms with Gasteiger partial charge in [-0.2, -0.15) is 0 Å². The van der Waals surface area contributed by atoms with Crippen molar-refractivity contribution in [3.63, 3.8) is 0 Å². The van der Waals surface area contributed by atoms with Crippen LogP contribution < -0.4 is 11.5 Å². The minimum Gasteiger partial charge on any atom is -0.445 e. The number of aromatic nitrogens is 1. The molecular weight excluding hydrogens is 290 g/mol. The molecular formula is C14H15N3O5. The standard InChI is InChI=1S/C14H15N3O5/c1-5-9(15)13(20)8-6(4-22-14(16)21)10-7(18)2-3-17(10)11(8)12(5)19/h7,18H,2-4,15H2,1H3,(H2,16,21). The van der Waals surface area contributed by atoms with Crippen molar-refractivity contribution in [2.45, 2.75) is 32.6 Å². The molecule has 1 aromatic heterocycles. The molecule has 0 saturated heterocycles. The number of aliphatic hydroxyl groups excluding tert-OH is 1. The van der Waals surface area contributed by atoms with Crippen LogP contribution >= 0.6 is 0 Å². The molecule has 3 rings (SSSR count). The largest absolute Gasteiger partial charge is 0.445 e. The third-order valence-corrected chi connectivity index (χ3v) is 4.14. The summed E-state index contributed by atoms with van der Waals surface area (Å²) < 4.78 is 6.37. The molecule has 0 aromatic carbocycles. The van der Waals surface area contributed by atoms with Crippen molar-refractivity contribution in [2.24, 2.45) is 11.5 Å².